The van der Waals surface area contributed by atoms with Gasteiger partial charge in [-0.05, 0) is 35.9 Å². The number of nitrogens with zero attached hydrogens (tertiary/aromatic N) is 2. The lowest BCUT2D eigenvalue weighted by atomic mass is 10.2. The molecule has 0 fully saturated rings. The van der Waals surface area contributed by atoms with Gasteiger partial charge in [-0.2, -0.15) is 0 Å². The summed E-state index contributed by atoms with van der Waals surface area (Å²) in [6, 6.07) is 9.13. The van der Waals surface area contributed by atoms with Gasteiger partial charge in [-0.3, -0.25) is 0 Å². The van der Waals surface area contributed by atoms with Gasteiger partial charge in [-0.1, -0.05) is 23.2 Å². The van der Waals surface area contributed by atoms with Gasteiger partial charge in [0.1, 0.15) is 5.82 Å². The molecule has 0 aliphatic rings. The van der Waals surface area contributed by atoms with E-state index >= 15 is 0 Å². The van der Waals surface area contributed by atoms with Gasteiger partial charge < -0.3 is 10.6 Å². The lowest BCUT2D eigenvalue weighted by molar-refractivity contribution is 0.899. The van der Waals surface area contributed by atoms with E-state index < -0.39 is 0 Å². The van der Waals surface area contributed by atoms with Crippen LogP contribution in [0.4, 0.5) is 11.5 Å². The second kappa shape index (κ2) is 5.46. The van der Waals surface area contributed by atoms with E-state index in [0.29, 0.717) is 22.3 Å². The summed E-state index contributed by atoms with van der Waals surface area (Å²) < 4.78 is 0. The molecule has 1 heterocycles. The van der Waals surface area contributed by atoms with Crippen LogP contribution >= 0.6 is 23.2 Å². The van der Waals surface area contributed by atoms with E-state index in [1.54, 1.807) is 24.4 Å². The zero-order chi connectivity index (χ0) is 13.1. The number of nitrogen functional groups attached to an aromatic ring is 1. The van der Waals surface area contributed by atoms with Crippen LogP contribution in [-0.4, -0.2) is 12.0 Å². The number of nitrogens with two attached hydrogens (primary N) is 1. The SMILES string of the molecule is CN(Cc1cc(N)ccc1Cl)c1ccc(Cl)cn1. The van der Waals surface area contributed by atoms with Gasteiger partial charge >= 0.3 is 0 Å². The normalized spacial score (nSPS) is 10.4. The summed E-state index contributed by atoms with van der Waals surface area (Å²) in [5.74, 6) is 0.831. The van der Waals surface area contributed by atoms with E-state index in [0.717, 1.165) is 11.4 Å². The Morgan fingerprint density at radius 1 is 1.22 bits per heavy atom. The van der Waals surface area contributed by atoms with Crippen LogP contribution in [0, 0.1) is 0 Å². The Morgan fingerprint density at radius 2 is 2.00 bits per heavy atom. The molecule has 0 saturated carbocycles. The van der Waals surface area contributed by atoms with Crippen molar-refractivity contribution in [1.29, 1.82) is 0 Å². The van der Waals surface area contributed by atoms with Gasteiger partial charge in [-0.15, -0.1) is 0 Å². The molecule has 0 spiro atoms. The first-order chi connectivity index (χ1) is 8.56. The Hall–Kier alpha value is -1.45. The third kappa shape index (κ3) is 3.06. The topological polar surface area (TPSA) is 42.1 Å². The van der Waals surface area contributed by atoms with Crippen molar-refractivity contribution >= 4 is 34.7 Å². The second-order valence-electron chi connectivity index (χ2n) is 4.04. The number of pyridine rings is 1. The van der Waals surface area contributed by atoms with E-state index in [-0.39, 0.29) is 0 Å². The number of aromatic nitrogens is 1. The standard InChI is InChI=1S/C13H13Cl2N3/c1-18(13-5-2-10(14)7-17-13)8-9-6-11(16)3-4-12(9)15/h2-7H,8,16H2,1H3. The smallest absolute Gasteiger partial charge is 0.128 e. The third-order valence-corrected chi connectivity index (χ3v) is 3.17. The Labute approximate surface area is 116 Å². The number of hydrogen-bond donors (Lipinski definition) is 1. The Balaban J connectivity index is 2.18. The van der Waals surface area contributed by atoms with Crippen LogP contribution in [0.25, 0.3) is 0 Å². The zero-order valence-corrected chi connectivity index (χ0v) is 11.4. The highest BCUT2D eigenvalue weighted by Crippen LogP contribution is 2.22. The molecule has 18 heavy (non-hydrogen) atoms. The predicted octanol–water partition coefficient (Wildman–Crippen LogP) is 3.61. The summed E-state index contributed by atoms with van der Waals surface area (Å²) in [6.07, 6.45) is 1.62. The average molecular weight is 282 g/mol. The van der Waals surface area contributed by atoms with Gasteiger partial charge in [0.05, 0.1) is 5.02 Å². The lowest BCUT2D eigenvalue weighted by Crippen LogP contribution is -2.17. The Morgan fingerprint density at radius 3 is 2.67 bits per heavy atom. The molecule has 5 heteroatoms. The number of hydrogen-bond acceptors (Lipinski definition) is 3. The second-order valence-corrected chi connectivity index (χ2v) is 4.89. The Kier molecular flexibility index (Phi) is 3.94. The maximum absolute atomic E-state index is 6.13. The predicted molar refractivity (Wildman–Crippen MR) is 77.2 cm³/mol. The van der Waals surface area contributed by atoms with Crippen LogP contribution < -0.4 is 10.6 Å². The maximum atomic E-state index is 6.13. The number of benzene rings is 1. The molecule has 1 aromatic carbocycles. The van der Waals surface area contributed by atoms with Crippen molar-refractivity contribution in [1.82, 2.24) is 4.98 Å². The zero-order valence-electron chi connectivity index (χ0n) is 9.90. The van der Waals surface area contributed by atoms with Crippen LogP contribution in [0.5, 0.6) is 0 Å². The van der Waals surface area contributed by atoms with Crippen molar-refractivity contribution in [3.63, 3.8) is 0 Å². The molecule has 2 N–H and O–H groups in total. The average Bonchev–Trinajstić information content (AvgIpc) is 2.34. The Bertz CT molecular complexity index is 540. The van der Waals surface area contributed by atoms with E-state index in [1.807, 2.05) is 24.1 Å². The number of anilines is 2. The molecule has 0 aliphatic carbocycles. The van der Waals surface area contributed by atoms with E-state index in [2.05, 4.69) is 4.98 Å². The fraction of sp³-hybridized carbons (Fsp3) is 0.154. The monoisotopic (exact) mass is 281 g/mol. The van der Waals surface area contributed by atoms with Crippen LogP contribution in [0.15, 0.2) is 36.5 Å². The van der Waals surface area contributed by atoms with Crippen molar-refractivity contribution in [2.24, 2.45) is 0 Å². The first kappa shape index (κ1) is 13.0. The van der Waals surface area contributed by atoms with Crippen LogP contribution in [0.1, 0.15) is 5.56 Å². The number of halogens is 2. The fourth-order valence-corrected chi connectivity index (χ4v) is 1.94. The van der Waals surface area contributed by atoms with Gasteiger partial charge in [0.25, 0.3) is 0 Å². The first-order valence-corrected chi connectivity index (χ1v) is 6.18. The van der Waals surface area contributed by atoms with Gasteiger partial charge in [0, 0.05) is 30.5 Å². The molecule has 0 aliphatic heterocycles. The largest absolute Gasteiger partial charge is 0.399 e. The summed E-state index contributed by atoms with van der Waals surface area (Å²) in [7, 11) is 1.94. The van der Waals surface area contributed by atoms with E-state index in [9.17, 15) is 0 Å². The maximum Gasteiger partial charge on any atom is 0.128 e. The van der Waals surface area contributed by atoms with Gasteiger partial charge in [-0.25, -0.2) is 4.98 Å². The van der Waals surface area contributed by atoms with Crippen molar-refractivity contribution in [2.45, 2.75) is 6.54 Å². The highest BCUT2D eigenvalue weighted by Gasteiger charge is 2.07. The summed E-state index contributed by atoms with van der Waals surface area (Å²) in [4.78, 5) is 6.23. The molecule has 2 rings (SSSR count). The molecule has 0 radical (unpaired) electrons. The van der Waals surface area contributed by atoms with Crippen LogP contribution in [0.2, 0.25) is 10.0 Å². The lowest BCUT2D eigenvalue weighted by Gasteiger charge is -2.19. The van der Waals surface area contributed by atoms with E-state index in [4.69, 9.17) is 28.9 Å². The molecule has 2 aromatic rings. The highest BCUT2D eigenvalue weighted by atomic mass is 35.5. The summed E-state index contributed by atoms with van der Waals surface area (Å²) in [5.41, 5.74) is 7.42. The quantitative estimate of drug-likeness (QED) is 0.874. The molecular formula is C13H13Cl2N3. The summed E-state index contributed by atoms with van der Waals surface area (Å²) in [5, 5.41) is 1.32. The molecular weight excluding hydrogens is 269 g/mol. The fourth-order valence-electron chi connectivity index (χ4n) is 1.65. The first-order valence-electron chi connectivity index (χ1n) is 5.43. The third-order valence-electron chi connectivity index (χ3n) is 2.58. The minimum atomic E-state index is 0.620. The summed E-state index contributed by atoms with van der Waals surface area (Å²) in [6.45, 7) is 0.637. The minimum absolute atomic E-state index is 0.620. The molecule has 0 saturated heterocycles. The molecule has 94 valence electrons. The molecule has 0 bridgehead atoms. The van der Waals surface area contributed by atoms with Gasteiger partial charge in [0.2, 0.25) is 0 Å². The van der Waals surface area contributed by atoms with Crippen molar-refractivity contribution in [3.05, 3.63) is 52.1 Å². The summed E-state index contributed by atoms with van der Waals surface area (Å²) >= 11 is 11.9. The highest BCUT2D eigenvalue weighted by molar-refractivity contribution is 6.31. The van der Waals surface area contributed by atoms with Crippen LogP contribution in [0.3, 0.4) is 0 Å². The molecule has 1 aromatic heterocycles. The van der Waals surface area contributed by atoms with Crippen molar-refractivity contribution in [2.75, 3.05) is 17.7 Å². The minimum Gasteiger partial charge on any atom is -0.399 e. The van der Waals surface area contributed by atoms with Gasteiger partial charge in [0.15, 0.2) is 0 Å². The molecule has 0 unspecified atom stereocenters. The number of rotatable bonds is 3. The van der Waals surface area contributed by atoms with Crippen molar-refractivity contribution < 1.29 is 0 Å². The van der Waals surface area contributed by atoms with Crippen molar-refractivity contribution in [3.8, 4) is 0 Å². The molecule has 0 amide bonds. The van der Waals surface area contributed by atoms with Crippen LogP contribution in [-0.2, 0) is 6.54 Å². The van der Waals surface area contributed by atoms with E-state index in [1.165, 1.54) is 0 Å². The molecule has 3 nitrogen and oxygen atoms in total. The molecule has 0 atom stereocenters.